The van der Waals surface area contributed by atoms with Crippen molar-refractivity contribution in [2.75, 3.05) is 20.2 Å². The summed E-state index contributed by atoms with van der Waals surface area (Å²) in [5.41, 5.74) is 2.40. The van der Waals surface area contributed by atoms with Gasteiger partial charge >= 0.3 is 0 Å². The molecule has 2 aromatic carbocycles. The summed E-state index contributed by atoms with van der Waals surface area (Å²) in [6, 6.07) is 14.9. The fourth-order valence-electron chi connectivity index (χ4n) is 4.78. The van der Waals surface area contributed by atoms with Crippen molar-refractivity contribution in [2.24, 2.45) is 0 Å². The van der Waals surface area contributed by atoms with E-state index in [1.54, 1.807) is 11.7 Å². The standard InChI is InChI=1S/C24H24N4O3/c1-16-4-3-5-18(14-16)21(29)27-12-10-24(15-27)11-13-28-22(30)20(25-26-23(24)28)17-6-8-19(31-2)9-7-17/h3-9,14H,10-13,15H2,1-2H3/t24-/m0/s1. The number of ether oxygens (including phenoxy) is 1. The summed E-state index contributed by atoms with van der Waals surface area (Å²) in [7, 11) is 1.60. The van der Waals surface area contributed by atoms with Gasteiger partial charge in [-0.15, -0.1) is 10.2 Å². The van der Waals surface area contributed by atoms with Gasteiger partial charge < -0.3 is 9.64 Å². The summed E-state index contributed by atoms with van der Waals surface area (Å²) >= 11 is 0. The topological polar surface area (TPSA) is 77.3 Å². The van der Waals surface area contributed by atoms with E-state index in [1.807, 2.05) is 60.4 Å². The van der Waals surface area contributed by atoms with Crippen LogP contribution in [0, 0.1) is 6.92 Å². The van der Waals surface area contributed by atoms with Crippen LogP contribution in [-0.4, -0.2) is 45.8 Å². The first-order chi connectivity index (χ1) is 15.0. The van der Waals surface area contributed by atoms with E-state index in [2.05, 4.69) is 10.2 Å². The second-order valence-corrected chi connectivity index (χ2v) is 8.43. The molecule has 1 saturated heterocycles. The van der Waals surface area contributed by atoms with Gasteiger partial charge in [0, 0.05) is 30.8 Å². The number of rotatable bonds is 3. The lowest BCUT2D eigenvalue weighted by molar-refractivity contribution is 0.0783. The number of carbonyl (C=O) groups is 1. The number of hydrogen-bond donors (Lipinski definition) is 0. The maximum absolute atomic E-state index is 13.2. The molecule has 31 heavy (non-hydrogen) atoms. The Balaban J connectivity index is 1.44. The van der Waals surface area contributed by atoms with Crippen LogP contribution in [0.1, 0.15) is 34.6 Å². The molecule has 3 aromatic rings. The minimum Gasteiger partial charge on any atom is -0.497 e. The number of fused-ring (bicyclic) bond motifs is 2. The zero-order valence-electron chi connectivity index (χ0n) is 17.7. The van der Waals surface area contributed by atoms with E-state index in [4.69, 9.17) is 4.74 Å². The number of aryl methyl sites for hydroxylation is 1. The van der Waals surface area contributed by atoms with Crippen molar-refractivity contribution in [3.8, 4) is 17.0 Å². The van der Waals surface area contributed by atoms with Gasteiger partial charge in [0.05, 0.1) is 12.5 Å². The van der Waals surface area contributed by atoms with Crippen molar-refractivity contribution >= 4 is 5.91 Å². The fourth-order valence-corrected chi connectivity index (χ4v) is 4.78. The lowest BCUT2D eigenvalue weighted by Crippen LogP contribution is -2.35. The first kappa shape index (κ1) is 19.5. The van der Waals surface area contributed by atoms with Crippen LogP contribution in [0.3, 0.4) is 0 Å². The van der Waals surface area contributed by atoms with E-state index >= 15 is 0 Å². The number of hydrogen-bond acceptors (Lipinski definition) is 5. The Morgan fingerprint density at radius 2 is 1.84 bits per heavy atom. The van der Waals surface area contributed by atoms with E-state index in [9.17, 15) is 9.59 Å². The zero-order valence-corrected chi connectivity index (χ0v) is 17.7. The number of likely N-dealkylation sites (tertiary alicyclic amines) is 1. The van der Waals surface area contributed by atoms with Crippen LogP contribution >= 0.6 is 0 Å². The molecule has 3 heterocycles. The van der Waals surface area contributed by atoms with Crippen LogP contribution < -0.4 is 10.3 Å². The maximum atomic E-state index is 13.2. The van der Waals surface area contributed by atoms with Crippen molar-refractivity contribution in [3.63, 3.8) is 0 Å². The Morgan fingerprint density at radius 1 is 1.06 bits per heavy atom. The first-order valence-electron chi connectivity index (χ1n) is 10.5. The summed E-state index contributed by atoms with van der Waals surface area (Å²) < 4.78 is 6.93. The molecule has 1 fully saturated rings. The van der Waals surface area contributed by atoms with E-state index in [-0.39, 0.29) is 16.9 Å². The summed E-state index contributed by atoms with van der Waals surface area (Å²) in [6.07, 6.45) is 1.58. The fraction of sp³-hybridized carbons (Fsp3) is 0.333. The largest absolute Gasteiger partial charge is 0.497 e. The summed E-state index contributed by atoms with van der Waals surface area (Å²) in [5.74, 6) is 1.46. The molecule has 0 saturated carbocycles. The molecule has 0 bridgehead atoms. The second-order valence-electron chi connectivity index (χ2n) is 8.43. The van der Waals surface area contributed by atoms with E-state index in [0.717, 1.165) is 29.7 Å². The molecule has 0 aliphatic carbocycles. The van der Waals surface area contributed by atoms with Crippen molar-refractivity contribution in [3.05, 3.63) is 75.8 Å². The molecule has 7 heteroatoms. The molecular formula is C24H24N4O3. The van der Waals surface area contributed by atoms with Crippen LogP contribution in [0.25, 0.3) is 11.3 Å². The Morgan fingerprint density at radius 3 is 2.58 bits per heavy atom. The lowest BCUT2D eigenvalue weighted by atomic mass is 9.85. The molecule has 2 aliphatic heterocycles. The Hall–Kier alpha value is -3.48. The van der Waals surface area contributed by atoms with E-state index < -0.39 is 0 Å². The molecular weight excluding hydrogens is 392 g/mol. The molecule has 0 unspecified atom stereocenters. The highest BCUT2D eigenvalue weighted by atomic mass is 16.5. The molecule has 2 aliphatic rings. The molecule has 0 radical (unpaired) electrons. The van der Waals surface area contributed by atoms with Gasteiger partial charge in [-0.1, -0.05) is 17.7 Å². The number of carbonyl (C=O) groups excluding carboxylic acids is 1. The van der Waals surface area contributed by atoms with Gasteiger partial charge in [0.1, 0.15) is 11.6 Å². The highest BCUT2D eigenvalue weighted by Gasteiger charge is 2.48. The van der Waals surface area contributed by atoms with Crippen LogP contribution in [0.5, 0.6) is 5.75 Å². The predicted molar refractivity (Wildman–Crippen MR) is 116 cm³/mol. The van der Waals surface area contributed by atoms with Crippen LogP contribution in [-0.2, 0) is 12.0 Å². The van der Waals surface area contributed by atoms with Gasteiger partial charge in [-0.05, 0) is 56.2 Å². The van der Waals surface area contributed by atoms with Gasteiger partial charge in [0.15, 0.2) is 5.69 Å². The molecule has 0 N–H and O–H groups in total. The Labute approximate surface area is 180 Å². The van der Waals surface area contributed by atoms with Crippen molar-refractivity contribution in [1.29, 1.82) is 0 Å². The van der Waals surface area contributed by atoms with E-state index in [1.165, 1.54) is 0 Å². The lowest BCUT2D eigenvalue weighted by Gasteiger charge is -2.23. The van der Waals surface area contributed by atoms with Gasteiger partial charge in [-0.2, -0.15) is 0 Å². The van der Waals surface area contributed by atoms with Crippen LogP contribution in [0.4, 0.5) is 0 Å². The summed E-state index contributed by atoms with van der Waals surface area (Å²) in [6.45, 7) is 3.80. The zero-order chi connectivity index (χ0) is 21.6. The average Bonchev–Trinajstić information content (AvgIpc) is 3.39. The molecule has 1 amide bonds. The minimum atomic E-state index is -0.302. The van der Waals surface area contributed by atoms with Gasteiger partial charge in [0.2, 0.25) is 0 Å². The third-order valence-electron chi connectivity index (χ3n) is 6.51. The predicted octanol–water partition coefficient (Wildman–Crippen LogP) is 2.81. The molecule has 1 spiro atoms. The third-order valence-corrected chi connectivity index (χ3v) is 6.51. The smallest absolute Gasteiger partial charge is 0.280 e. The molecule has 1 aromatic heterocycles. The van der Waals surface area contributed by atoms with Gasteiger partial charge in [0.25, 0.3) is 11.5 Å². The highest BCUT2D eigenvalue weighted by molar-refractivity contribution is 5.94. The monoisotopic (exact) mass is 416 g/mol. The van der Waals surface area contributed by atoms with Gasteiger partial charge in [-0.25, -0.2) is 0 Å². The second kappa shape index (κ2) is 7.34. The normalized spacial score (nSPS) is 19.6. The summed E-state index contributed by atoms with van der Waals surface area (Å²) in [5, 5.41) is 8.81. The Kier molecular flexibility index (Phi) is 4.61. The van der Waals surface area contributed by atoms with Crippen molar-refractivity contribution < 1.29 is 9.53 Å². The number of amides is 1. The first-order valence-corrected chi connectivity index (χ1v) is 10.5. The van der Waals surface area contributed by atoms with E-state index in [0.29, 0.717) is 36.7 Å². The van der Waals surface area contributed by atoms with Crippen LogP contribution in [0.15, 0.2) is 53.3 Å². The number of benzene rings is 2. The number of aromatic nitrogens is 3. The number of nitrogens with zero attached hydrogens (tertiary/aromatic N) is 4. The van der Waals surface area contributed by atoms with Crippen molar-refractivity contribution in [1.82, 2.24) is 19.7 Å². The van der Waals surface area contributed by atoms with Gasteiger partial charge in [-0.3, -0.25) is 14.2 Å². The molecule has 1 atom stereocenters. The Bertz CT molecular complexity index is 1220. The molecule has 158 valence electrons. The quantitative estimate of drug-likeness (QED) is 0.656. The third kappa shape index (κ3) is 3.21. The maximum Gasteiger partial charge on any atom is 0.280 e. The minimum absolute atomic E-state index is 0.0317. The van der Waals surface area contributed by atoms with Crippen LogP contribution in [0.2, 0.25) is 0 Å². The highest BCUT2D eigenvalue weighted by Crippen LogP contribution is 2.41. The average molecular weight is 416 g/mol. The summed E-state index contributed by atoms with van der Waals surface area (Å²) in [4.78, 5) is 28.1. The molecule has 7 nitrogen and oxygen atoms in total. The number of methoxy groups -OCH3 is 1. The molecule has 5 rings (SSSR count). The SMILES string of the molecule is COc1ccc(-c2nnc3n(c2=O)CC[C@]32CCN(C(=O)c3cccc(C)c3)C2)cc1. The van der Waals surface area contributed by atoms with Crippen molar-refractivity contribution in [2.45, 2.75) is 31.7 Å².